The molecule has 0 atom stereocenters. The molecule has 0 rings (SSSR count). The predicted octanol–water partition coefficient (Wildman–Crippen LogP) is 1.61. The summed E-state index contributed by atoms with van der Waals surface area (Å²) >= 11 is 1.79. The van der Waals surface area contributed by atoms with E-state index in [0.717, 1.165) is 5.70 Å². The zero-order valence-corrected chi connectivity index (χ0v) is 6.08. The molecule has 0 spiro atoms. The van der Waals surface area contributed by atoms with Crippen molar-refractivity contribution in [2.24, 2.45) is 14.2 Å². The highest BCUT2D eigenvalue weighted by atomic mass is 127. The molecule has 0 fully saturated rings. The molecule has 0 saturated heterocycles. The summed E-state index contributed by atoms with van der Waals surface area (Å²) in [6.07, 6.45) is 1.40. The molecule has 0 aromatic heterocycles. The Balaban J connectivity index is 3.58. The Morgan fingerprint density at radius 3 is 2.57 bits per heavy atom. The minimum atomic E-state index is 0.731. The molecule has 0 aliphatic rings. The van der Waals surface area contributed by atoms with Gasteiger partial charge in [0.05, 0.1) is 5.70 Å². The van der Waals surface area contributed by atoms with E-state index >= 15 is 0 Å². The van der Waals surface area contributed by atoms with Crippen LogP contribution in [0.2, 0.25) is 0 Å². The van der Waals surface area contributed by atoms with Gasteiger partial charge in [0.25, 0.3) is 0 Å². The van der Waals surface area contributed by atoms with Gasteiger partial charge in [-0.15, -0.1) is 8.44 Å². The van der Waals surface area contributed by atoms with Crippen LogP contribution in [0.1, 0.15) is 6.92 Å². The molecule has 40 valence electrons. The number of nitrogens with two attached hydrogens (primary N) is 1. The fourth-order valence-electron chi connectivity index (χ4n) is 0.0930. The lowest BCUT2D eigenvalue weighted by molar-refractivity contribution is 1.18. The van der Waals surface area contributed by atoms with Crippen molar-refractivity contribution >= 4 is 22.9 Å². The molecule has 0 aliphatic heterocycles. The van der Waals surface area contributed by atoms with Crippen molar-refractivity contribution in [3.63, 3.8) is 0 Å². The fraction of sp³-hybridized carbons (Fsp3) is 0.333. The topological polar surface area (TPSA) is 50.7 Å². The third-order valence-corrected chi connectivity index (χ3v) is 0.652. The van der Waals surface area contributed by atoms with Gasteiger partial charge in [-0.25, -0.2) is 0 Å². The largest absolute Gasteiger partial charge is 0.403 e. The van der Waals surface area contributed by atoms with E-state index in [1.807, 2.05) is 0 Å². The van der Waals surface area contributed by atoms with Crippen molar-refractivity contribution < 1.29 is 0 Å². The number of halogens is 1. The molecule has 0 aliphatic carbocycles. The molecule has 0 radical (unpaired) electrons. The lowest BCUT2D eigenvalue weighted by Crippen LogP contribution is -1.78. The van der Waals surface area contributed by atoms with Crippen molar-refractivity contribution in [2.45, 2.75) is 6.92 Å². The third-order valence-electron chi connectivity index (χ3n) is 0.437. The maximum absolute atomic E-state index is 5.04. The van der Waals surface area contributed by atoms with Crippen LogP contribution >= 0.6 is 22.9 Å². The zero-order chi connectivity index (χ0) is 5.70. The molecular weight excluding hydrogens is 205 g/mol. The first-order valence-electron chi connectivity index (χ1n) is 1.71. The van der Waals surface area contributed by atoms with Crippen molar-refractivity contribution in [2.75, 3.05) is 0 Å². The van der Waals surface area contributed by atoms with Gasteiger partial charge < -0.3 is 5.73 Å². The molecule has 4 heteroatoms. The summed E-state index contributed by atoms with van der Waals surface area (Å²) in [5.74, 6) is 0. The van der Waals surface area contributed by atoms with Gasteiger partial charge in [-0.2, -0.15) is 0 Å². The minimum Gasteiger partial charge on any atom is -0.403 e. The van der Waals surface area contributed by atoms with E-state index in [0.29, 0.717) is 0 Å². The monoisotopic (exact) mass is 211 g/mol. The Hall–Kier alpha value is -0.130. The molecule has 0 unspecified atom stereocenters. The third kappa shape index (κ3) is 3.71. The highest BCUT2D eigenvalue weighted by Gasteiger charge is 1.73. The average Bonchev–Trinajstić information content (AvgIpc) is 1.68. The van der Waals surface area contributed by atoms with E-state index in [4.69, 9.17) is 5.73 Å². The maximum Gasteiger partial charge on any atom is 0.111 e. The van der Waals surface area contributed by atoms with Gasteiger partial charge in [0.1, 0.15) is 22.9 Å². The van der Waals surface area contributed by atoms with Gasteiger partial charge in [0, 0.05) is 6.20 Å². The Bertz CT molecular complexity index is 96.4. The molecule has 0 heterocycles. The molecule has 0 saturated carbocycles. The van der Waals surface area contributed by atoms with E-state index in [2.05, 4.69) is 8.44 Å². The lowest BCUT2D eigenvalue weighted by atomic mass is 10.6. The van der Waals surface area contributed by atoms with Crippen molar-refractivity contribution in [1.29, 1.82) is 0 Å². The van der Waals surface area contributed by atoms with Crippen LogP contribution in [0.25, 0.3) is 0 Å². The first-order chi connectivity index (χ1) is 3.31. The lowest BCUT2D eigenvalue weighted by Gasteiger charge is -1.79. The number of nitrogens with zero attached hydrogens (tertiary/aromatic N) is 2. The van der Waals surface area contributed by atoms with Crippen molar-refractivity contribution in [3.8, 4) is 0 Å². The summed E-state index contributed by atoms with van der Waals surface area (Å²) < 4.78 is 3.45. The highest BCUT2D eigenvalue weighted by molar-refractivity contribution is 14.1. The molecular formula is C3H6IN3. The van der Waals surface area contributed by atoms with E-state index in [9.17, 15) is 0 Å². The van der Waals surface area contributed by atoms with E-state index in [1.165, 1.54) is 6.20 Å². The molecule has 0 bridgehead atoms. The smallest absolute Gasteiger partial charge is 0.111 e. The summed E-state index contributed by atoms with van der Waals surface area (Å²) in [5, 5.41) is 3.59. The number of rotatable bonds is 1. The van der Waals surface area contributed by atoms with Gasteiger partial charge in [0.15, 0.2) is 0 Å². The van der Waals surface area contributed by atoms with Crippen LogP contribution in [-0.2, 0) is 0 Å². The van der Waals surface area contributed by atoms with Crippen LogP contribution in [0.15, 0.2) is 20.3 Å². The Morgan fingerprint density at radius 1 is 1.86 bits per heavy atom. The Labute approximate surface area is 56.2 Å². The van der Waals surface area contributed by atoms with E-state index in [1.54, 1.807) is 29.8 Å². The summed E-state index contributed by atoms with van der Waals surface area (Å²) in [7, 11) is 0. The highest BCUT2D eigenvalue weighted by Crippen LogP contribution is 1.94. The maximum atomic E-state index is 5.04. The summed E-state index contributed by atoms with van der Waals surface area (Å²) in [6.45, 7) is 1.78. The molecule has 2 N–H and O–H groups in total. The molecule has 0 amide bonds. The van der Waals surface area contributed by atoms with Crippen LogP contribution in [0.3, 0.4) is 0 Å². The van der Waals surface area contributed by atoms with Crippen LogP contribution < -0.4 is 5.73 Å². The van der Waals surface area contributed by atoms with Crippen LogP contribution in [0.4, 0.5) is 0 Å². The second-order valence-corrected chi connectivity index (χ2v) is 1.42. The molecule has 7 heavy (non-hydrogen) atoms. The van der Waals surface area contributed by atoms with Gasteiger partial charge in [0.2, 0.25) is 0 Å². The number of hydrogen-bond donors (Lipinski definition) is 1. The van der Waals surface area contributed by atoms with Crippen LogP contribution in [-0.4, -0.2) is 0 Å². The first-order valence-corrected chi connectivity index (χ1v) is 2.68. The number of allylic oxidation sites excluding steroid dienone is 1. The van der Waals surface area contributed by atoms with Crippen molar-refractivity contribution in [3.05, 3.63) is 11.9 Å². The van der Waals surface area contributed by atoms with Crippen molar-refractivity contribution in [1.82, 2.24) is 0 Å². The average molecular weight is 211 g/mol. The number of hydrogen-bond acceptors (Lipinski definition) is 3. The summed E-state index contributed by atoms with van der Waals surface area (Å²) in [4.78, 5) is 0. The SMILES string of the molecule is CC(=C/N)/N=N\I. The Morgan fingerprint density at radius 2 is 2.43 bits per heavy atom. The Kier molecular flexibility index (Phi) is 3.97. The summed E-state index contributed by atoms with van der Waals surface area (Å²) in [6, 6.07) is 0. The zero-order valence-electron chi connectivity index (χ0n) is 3.93. The van der Waals surface area contributed by atoms with E-state index < -0.39 is 0 Å². The predicted molar refractivity (Wildman–Crippen MR) is 36.8 cm³/mol. The van der Waals surface area contributed by atoms with Crippen LogP contribution in [0, 0.1) is 0 Å². The molecule has 3 nitrogen and oxygen atoms in total. The summed E-state index contributed by atoms with van der Waals surface area (Å²) in [5.41, 5.74) is 5.77. The van der Waals surface area contributed by atoms with Gasteiger partial charge in [-0.05, 0) is 6.92 Å². The van der Waals surface area contributed by atoms with Gasteiger partial charge in [-0.1, -0.05) is 0 Å². The van der Waals surface area contributed by atoms with Gasteiger partial charge >= 0.3 is 0 Å². The van der Waals surface area contributed by atoms with Crippen LogP contribution in [0.5, 0.6) is 0 Å². The second-order valence-electron chi connectivity index (χ2n) is 0.984. The van der Waals surface area contributed by atoms with E-state index in [-0.39, 0.29) is 0 Å². The van der Waals surface area contributed by atoms with Gasteiger partial charge in [-0.3, -0.25) is 0 Å². The quantitative estimate of drug-likeness (QED) is 0.519. The molecule has 0 aromatic carbocycles. The fourth-order valence-corrected chi connectivity index (χ4v) is 0.433. The molecule has 0 aromatic rings. The normalized spacial score (nSPS) is 13.1. The minimum absolute atomic E-state index is 0.731. The second kappa shape index (κ2) is 4.04. The standard InChI is InChI=1S/C3H6IN3/c1-3(2-5)6-7-4/h2H,5H2,1H3/b3-2-,7-6-. The first kappa shape index (κ1) is 6.87.